The predicted octanol–water partition coefficient (Wildman–Crippen LogP) is -0.376. The average molecular weight is 580 g/mol. The molecule has 2 atom stereocenters. The number of hydrogen-bond acceptors (Lipinski definition) is 12. The lowest BCUT2D eigenvalue weighted by Crippen LogP contribution is -2.59. The molecule has 222 valence electrons. The molecular formula is C26H33BN8O7. The highest BCUT2D eigenvalue weighted by molar-refractivity contribution is 6.13. The van der Waals surface area contributed by atoms with E-state index in [1.807, 2.05) is 31.9 Å². The van der Waals surface area contributed by atoms with Crippen LogP contribution < -0.4 is 9.47 Å². The van der Waals surface area contributed by atoms with Crippen LogP contribution in [0.1, 0.15) is 42.5 Å². The van der Waals surface area contributed by atoms with E-state index < -0.39 is 17.7 Å². The SMILES string of the molecule is [B]C(O)(O)C(O)(O)Oc1nn(C(C)CO)c2c1/C=C/c1n[nH]c3cnc(cc13)-c1c(C)nn(C)c1OC(C)CN(C)C2. The van der Waals surface area contributed by atoms with Gasteiger partial charge in [0.05, 0.1) is 58.3 Å². The summed E-state index contributed by atoms with van der Waals surface area (Å²) in [6, 6.07) is 1.31. The third kappa shape index (κ3) is 5.39. The van der Waals surface area contributed by atoms with Crippen molar-refractivity contribution in [3.05, 3.63) is 34.9 Å². The number of nitrogens with one attached hydrogen (secondary N) is 1. The largest absolute Gasteiger partial charge is 0.473 e. The molecule has 0 fully saturated rings. The summed E-state index contributed by atoms with van der Waals surface area (Å²) in [5.74, 6) is -3.44. The lowest BCUT2D eigenvalue weighted by molar-refractivity contribution is -0.402. The standard InChI is InChI=1S/C26H33BN8O7/c1-13(12-36)35-21-11-33(4)10-14(2)41-24-22(15(3)31-34(24)5)19-8-17-18(29-30-20(17)9-28-19)7-6-16(21)23(32-35)42-26(39,40)25(27,37)38/h6-9,13-14,36-40H,10-12H2,1-5H3,(H,29,30)/b7-6+. The van der Waals surface area contributed by atoms with Crippen LogP contribution in [-0.4, -0.2) is 111 Å². The molecule has 0 saturated heterocycles. The lowest BCUT2D eigenvalue weighted by atomic mass is 9.92. The maximum atomic E-state index is 10.2. The molecule has 1 aliphatic heterocycles. The number of rotatable bonds is 5. The first kappa shape index (κ1) is 29.7. The van der Waals surface area contributed by atoms with Gasteiger partial charge in [-0.25, -0.2) is 4.68 Å². The molecule has 5 heterocycles. The van der Waals surface area contributed by atoms with Crippen LogP contribution in [-0.2, 0) is 13.6 Å². The van der Waals surface area contributed by atoms with Crippen LogP contribution in [0.15, 0.2) is 12.3 Å². The minimum absolute atomic E-state index is 0.243. The van der Waals surface area contributed by atoms with Gasteiger partial charge in [0.1, 0.15) is 6.10 Å². The fourth-order valence-electron chi connectivity index (χ4n) is 4.93. The number of aromatic amines is 1. The Morgan fingerprint density at radius 3 is 2.64 bits per heavy atom. The molecule has 0 spiro atoms. The second kappa shape index (κ2) is 10.8. The van der Waals surface area contributed by atoms with Crippen molar-refractivity contribution in [3.8, 4) is 23.0 Å². The Morgan fingerprint density at radius 1 is 1.21 bits per heavy atom. The molecule has 2 unspecified atom stereocenters. The van der Waals surface area contributed by atoms with Crippen molar-refractivity contribution in [1.82, 2.24) is 39.6 Å². The van der Waals surface area contributed by atoms with Gasteiger partial charge in [-0.1, -0.05) is 0 Å². The lowest BCUT2D eigenvalue weighted by Gasteiger charge is -2.31. The molecule has 0 aromatic carbocycles. The van der Waals surface area contributed by atoms with Crippen LogP contribution in [0, 0.1) is 6.92 Å². The van der Waals surface area contributed by atoms with Crippen molar-refractivity contribution in [2.75, 3.05) is 20.2 Å². The van der Waals surface area contributed by atoms with E-state index in [9.17, 15) is 25.5 Å². The highest BCUT2D eigenvalue weighted by Crippen LogP contribution is 2.36. The summed E-state index contributed by atoms with van der Waals surface area (Å²) in [4.78, 5) is 6.57. The van der Waals surface area contributed by atoms with Gasteiger partial charge in [0.15, 0.2) is 7.85 Å². The van der Waals surface area contributed by atoms with Gasteiger partial charge in [0, 0.05) is 25.5 Å². The Balaban J connectivity index is 1.72. The molecule has 2 radical (unpaired) electrons. The summed E-state index contributed by atoms with van der Waals surface area (Å²) in [6.07, 6.45) is 4.62. The van der Waals surface area contributed by atoms with Crippen molar-refractivity contribution in [3.63, 3.8) is 0 Å². The fourth-order valence-corrected chi connectivity index (χ4v) is 4.93. The van der Waals surface area contributed by atoms with Gasteiger partial charge < -0.3 is 35.0 Å². The zero-order valence-electron chi connectivity index (χ0n) is 23.8. The normalized spacial score (nSPS) is 18.2. The number of nitrogens with zero attached hydrogens (tertiary/aromatic N) is 7. The Hall–Kier alpha value is -3.80. The highest BCUT2D eigenvalue weighted by atomic mass is 16.8. The summed E-state index contributed by atoms with van der Waals surface area (Å²) in [6.45, 7) is 5.90. The van der Waals surface area contributed by atoms with Crippen LogP contribution in [0.3, 0.4) is 0 Å². The van der Waals surface area contributed by atoms with E-state index >= 15 is 0 Å². The summed E-state index contributed by atoms with van der Waals surface area (Å²) >= 11 is 0. The summed E-state index contributed by atoms with van der Waals surface area (Å²) in [5, 5.41) is 66.8. The van der Waals surface area contributed by atoms with Gasteiger partial charge in [-0.3, -0.25) is 19.7 Å². The quantitative estimate of drug-likeness (QED) is 0.132. The molecule has 5 rings (SSSR count). The first-order valence-electron chi connectivity index (χ1n) is 13.2. The maximum absolute atomic E-state index is 10.2. The summed E-state index contributed by atoms with van der Waals surface area (Å²) in [7, 11) is 8.79. The van der Waals surface area contributed by atoms with Crippen molar-refractivity contribution in [1.29, 1.82) is 0 Å². The number of aromatic nitrogens is 7. The molecule has 1 aliphatic rings. The number of likely N-dealkylation sites (N-methyl/N-ethyl adjacent to an activating group) is 1. The minimum atomic E-state index is -3.63. The highest BCUT2D eigenvalue weighted by Gasteiger charge is 2.47. The van der Waals surface area contributed by atoms with Crippen LogP contribution in [0.4, 0.5) is 0 Å². The van der Waals surface area contributed by atoms with Crippen molar-refractivity contribution < 1.29 is 35.0 Å². The Bertz CT molecular complexity index is 1640. The van der Waals surface area contributed by atoms with E-state index in [0.717, 1.165) is 16.6 Å². The van der Waals surface area contributed by atoms with Crippen LogP contribution in [0.25, 0.3) is 34.3 Å². The van der Waals surface area contributed by atoms with E-state index in [4.69, 9.17) is 17.3 Å². The number of aliphatic hydroxyl groups is 5. The Kier molecular flexibility index (Phi) is 7.63. The van der Waals surface area contributed by atoms with Gasteiger partial charge in [-0.2, -0.15) is 10.2 Å². The molecule has 0 aliphatic carbocycles. The molecule has 0 amide bonds. The van der Waals surface area contributed by atoms with E-state index in [1.54, 1.807) is 37.0 Å². The number of ether oxygens (including phenoxy) is 2. The number of fused-ring (bicyclic) bond motifs is 4. The number of aryl methyl sites for hydroxylation is 2. The molecule has 15 nitrogen and oxygen atoms in total. The van der Waals surface area contributed by atoms with Crippen molar-refractivity contribution in [2.24, 2.45) is 7.05 Å². The third-order valence-electron chi connectivity index (χ3n) is 7.03. The van der Waals surface area contributed by atoms with Crippen molar-refractivity contribution in [2.45, 2.75) is 51.1 Å². The van der Waals surface area contributed by atoms with Gasteiger partial charge in [0.25, 0.3) is 0 Å². The monoisotopic (exact) mass is 580 g/mol. The first-order chi connectivity index (χ1) is 19.7. The third-order valence-corrected chi connectivity index (χ3v) is 7.03. The van der Waals surface area contributed by atoms with Crippen molar-refractivity contribution >= 4 is 30.9 Å². The average Bonchev–Trinajstić information content (AvgIpc) is 3.53. The number of H-pyrrole nitrogens is 1. The second-order valence-corrected chi connectivity index (χ2v) is 10.6. The summed E-state index contributed by atoms with van der Waals surface area (Å²) < 4.78 is 14.7. The second-order valence-electron chi connectivity index (χ2n) is 10.6. The Labute approximate surface area is 242 Å². The molecule has 0 saturated carbocycles. The molecule has 6 N–H and O–H groups in total. The molecule has 42 heavy (non-hydrogen) atoms. The van der Waals surface area contributed by atoms with Crippen LogP contribution >= 0.6 is 0 Å². The fraction of sp³-hybridized carbons (Fsp3) is 0.462. The summed E-state index contributed by atoms with van der Waals surface area (Å²) in [5.41, 5.74) is 0.564. The zero-order valence-corrected chi connectivity index (χ0v) is 23.8. The predicted molar refractivity (Wildman–Crippen MR) is 151 cm³/mol. The Morgan fingerprint density at radius 2 is 1.95 bits per heavy atom. The van der Waals surface area contributed by atoms with Crippen LogP contribution in [0.2, 0.25) is 0 Å². The van der Waals surface area contributed by atoms with E-state index in [-0.39, 0.29) is 30.7 Å². The molecular weight excluding hydrogens is 547 g/mol. The zero-order chi connectivity index (χ0) is 30.6. The van der Waals surface area contributed by atoms with Crippen LogP contribution in [0.5, 0.6) is 11.8 Å². The molecule has 4 aromatic rings. The smallest absolute Gasteiger partial charge is 0.369 e. The van der Waals surface area contributed by atoms with Gasteiger partial charge in [-0.05, 0) is 46.0 Å². The molecule has 2 bridgehead atoms. The number of pyridine rings is 1. The van der Waals surface area contributed by atoms with E-state index in [1.165, 1.54) is 4.68 Å². The van der Waals surface area contributed by atoms with E-state index in [2.05, 4.69) is 25.4 Å². The van der Waals surface area contributed by atoms with Gasteiger partial charge >= 0.3 is 5.97 Å². The maximum Gasteiger partial charge on any atom is 0.369 e. The number of hydrogen-bond donors (Lipinski definition) is 6. The number of aliphatic hydroxyl groups excluding tert-OH is 1. The first-order valence-corrected chi connectivity index (χ1v) is 13.2. The molecule has 4 aromatic heterocycles. The minimum Gasteiger partial charge on any atom is -0.473 e. The van der Waals surface area contributed by atoms with Gasteiger partial charge in [-0.15, -0.1) is 5.10 Å². The van der Waals surface area contributed by atoms with E-state index in [0.29, 0.717) is 35.0 Å². The molecule has 16 heteroatoms. The topological polar surface area (TPSA) is 200 Å². The van der Waals surface area contributed by atoms with Gasteiger partial charge in [0.2, 0.25) is 17.4 Å².